The maximum absolute atomic E-state index is 14.3. The summed E-state index contributed by atoms with van der Waals surface area (Å²) < 4.78 is 60.5. The summed E-state index contributed by atoms with van der Waals surface area (Å²) in [6.07, 6.45) is 2.25. The van der Waals surface area contributed by atoms with Crippen molar-refractivity contribution in [3.05, 3.63) is 36.1 Å². The lowest BCUT2D eigenvalue weighted by Crippen LogP contribution is -2.25. The Labute approximate surface area is 167 Å². The molecule has 0 aliphatic heterocycles. The van der Waals surface area contributed by atoms with Crippen LogP contribution in [0.5, 0.6) is 11.5 Å². The Morgan fingerprint density at radius 3 is 2.48 bits per heavy atom. The van der Waals surface area contributed by atoms with Crippen LogP contribution < -0.4 is 9.47 Å². The fourth-order valence-electron chi connectivity index (χ4n) is 3.90. The number of esters is 1. The number of benzene rings is 2. The summed E-state index contributed by atoms with van der Waals surface area (Å²) in [5, 5.41) is 0.286. The molecule has 3 nitrogen and oxygen atoms in total. The van der Waals surface area contributed by atoms with Crippen LogP contribution >= 0.6 is 0 Å². The van der Waals surface area contributed by atoms with Crippen molar-refractivity contribution in [3.8, 4) is 11.5 Å². The molecule has 0 heterocycles. The summed E-state index contributed by atoms with van der Waals surface area (Å²) in [4.78, 5) is 12.5. The van der Waals surface area contributed by atoms with E-state index >= 15 is 0 Å². The number of ether oxygens (including phenoxy) is 2. The summed E-state index contributed by atoms with van der Waals surface area (Å²) in [6, 6.07) is 6.33. The van der Waals surface area contributed by atoms with E-state index in [2.05, 4.69) is 11.7 Å². The minimum atomic E-state index is -4.97. The fraction of sp³-hybridized carbons (Fsp3) is 0.500. The minimum Gasteiger partial charge on any atom is -0.426 e. The molecular formula is C22H24F4O3. The molecule has 3 rings (SSSR count). The molecule has 1 fully saturated rings. The molecule has 1 saturated carbocycles. The van der Waals surface area contributed by atoms with E-state index in [0.717, 1.165) is 31.7 Å². The number of hydrogen-bond acceptors (Lipinski definition) is 3. The molecule has 0 amide bonds. The van der Waals surface area contributed by atoms with E-state index in [1.807, 2.05) is 0 Å². The van der Waals surface area contributed by atoms with E-state index in [0.29, 0.717) is 11.3 Å². The molecule has 1 aliphatic carbocycles. The highest BCUT2D eigenvalue weighted by molar-refractivity contribution is 5.87. The number of carbonyl (C=O) groups excluding carboxylic acids is 1. The van der Waals surface area contributed by atoms with Gasteiger partial charge in [0.05, 0.1) is 5.92 Å². The average molecular weight is 412 g/mol. The van der Waals surface area contributed by atoms with Gasteiger partial charge in [-0.15, -0.1) is 13.2 Å². The van der Waals surface area contributed by atoms with Gasteiger partial charge in [0, 0.05) is 5.39 Å². The molecular weight excluding hydrogens is 388 g/mol. The summed E-state index contributed by atoms with van der Waals surface area (Å²) in [5.74, 6) is -1.54. The number of carbonyl (C=O) groups is 1. The molecule has 158 valence electrons. The van der Waals surface area contributed by atoms with Crippen molar-refractivity contribution in [2.75, 3.05) is 0 Å². The Morgan fingerprint density at radius 2 is 1.83 bits per heavy atom. The van der Waals surface area contributed by atoms with Crippen LogP contribution in [0.1, 0.15) is 51.9 Å². The molecule has 0 aromatic heterocycles. The topological polar surface area (TPSA) is 35.5 Å². The Hall–Kier alpha value is -2.31. The van der Waals surface area contributed by atoms with Gasteiger partial charge in [0.15, 0.2) is 11.6 Å². The molecule has 0 N–H and O–H groups in total. The SMILES string of the molecule is CCCCC1CCC(C(=O)Oc2ccc3c(F)c(OC(F)(F)F)ccc3c2)CC1. The molecule has 2 aromatic rings. The van der Waals surface area contributed by atoms with Crippen molar-refractivity contribution in [2.45, 2.75) is 58.2 Å². The van der Waals surface area contributed by atoms with Crippen LogP contribution in [0, 0.1) is 17.7 Å². The quantitative estimate of drug-likeness (QED) is 0.298. The first-order chi connectivity index (χ1) is 13.8. The fourth-order valence-corrected chi connectivity index (χ4v) is 3.90. The molecule has 1 aliphatic rings. The molecule has 29 heavy (non-hydrogen) atoms. The van der Waals surface area contributed by atoms with E-state index in [4.69, 9.17) is 4.74 Å². The Balaban J connectivity index is 1.65. The lowest BCUT2D eigenvalue weighted by Gasteiger charge is -2.27. The Morgan fingerprint density at radius 1 is 1.10 bits per heavy atom. The monoisotopic (exact) mass is 412 g/mol. The summed E-state index contributed by atoms with van der Waals surface area (Å²) in [5.41, 5.74) is 0. The molecule has 0 saturated heterocycles. The molecule has 0 bridgehead atoms. The number of unbranched alkanes of at least 4 members (excludes halogenated alkanes) is 1. The predicted molar refractivity (Wildman–Crippen MR) is 101 cm³/mol. The zero-order chi connectivity index (χ0) is 21.0. The van der Waals surface area contributed by atoms with E-state index < -0.39 is 17.9 Å². The zero-order valence-corrected chi connectivity index (χ0v) is 16.2. The molecule has 0 unspecified atom stereocenters. The van der Waals surface area contributed by atoms with Crippen molar-refractivity contribution in [1.82, 2.24) is 0 Å². The third-order valence-corrected chi connectivity index (χ3v) is 5.48. The van der Waals surface area contributed by atoms with Gasteiger partial charge in [0.25, 0.3) is 0 Å². The van der Waals surface area contributed by atoms with Crippen molar-refractivity contribution < 1.29 is 31.8 Å². The summed E-state index contributed by atoms with van der Waals surface area (Å²) >= 11 is 0. The van der Waals surface area contributed by atoms with Crippen molar-refractivity contribution >= 4 is 16.7 Å². The molecule has 7 heteroatoms. The molecule has 0 radical (unpaired) electrons. The van der Waals surface area contributed by atoms with Crippen molar-refractivity contribution in [3.63, 3.8) is 0 Å². The van der Waals surface area contributed by atoms with Gasteiger partial charge in [0.2, 0.25) is 0 Å². The maximum atomic E-state index is 14.3. The lowest BCUT2D eigenvalue weighted by atomic mass is 9.80. The van der Waals surface area contributed by atoms with Crippen LogP contribution in [0.3, 0.4) is 0 Å². The smallest absolute Gasteiger partial charge is 0.426 e. The first-order valence-electron chi connectivity index (χ1n) is 9.96. The van der Waals surface area contributed by atoms with Gasteiger partial charge in [-0.25, -0.2) is 4.39 Å². The van der Waals surface area contributed by atoms with Gasteiger partial charge >= 0.3 is 12.3 Å². The number of alkyl halides is 3. The highest BCUT2D eigenvalue weighted by atomic mass is 19.4. The number of fused-ring (bicyclic) bond motifs is 1. The predicted octanol–water partition coefficient (Wildman–Crippen LogP) is 6.78. The number of halogens is 4. The molecule has 2 aromatic carbocycles. The van der Waals surface area contributed by atoms with E-state index in [1.54, 1.807) is 0 Å². The van der Waals surface area contributed by atoms with Crippen LogP contribution in [0.25, 0.3) is 10.8 Å². The summed E-state index contributed by atoms with van der Waals surface area (Å²) in [6.45, 7) is 2.17. The first kappa shape index (κ1) is 21.4. The number of hydrogen-bond donors (Lipinski definition) is 0. The second-order valence-electron chi connectivity index (χ2n) is 7.59. The third-order valence-electron chi connectivity index (χ3n) is 5.48. The van der Waals surface area contributed by atoms with Crippen LogP contribution in [0.2, 0.25) is 0 Å². The van der Waals surface area contributed by atoms with Crippen LogP contribution in [-0.2, 0) is 4.79 Å². The molecule has 0 atom stereocenters. The van der Waals surface area contributed by atoms with Gasteiger partial charge in [0.1, 0.15) is 5.75 Å². The Kier molecular flexibility index (Phi) is 6.65. The van der Waals surface area contributed by atoms with Crippen LogP contribution in [0.15, 0.2) is 30.3 Å². The first-order valence-corrected chi connectivity index (χ1v) is 9.96. The highest BCUT2D eigenvalue weighted by Crippen LogP contribution is 2.34. The minimum absolute atomic E-state index is 0.0389. The second kappa shape index (κ2) is 9.01. The van der Waals surface area contributed by atoms with Crippen LogP contribution in [0.4, 0.5) is 17.6 Å². The van der Waals surface area contributed by atoms with Crippen LogP contribution in [-0.4, -0.2) is 12.3 Å². The number of rotatable bonds is 6. The second-order valence-corrected chi connectivity index (χ2v) is 7.59. The van der Waals surface area contributed by atoms with Gasteiger partial charge in [-0.2, -0.15) is 0 Å². The van der Waals surface area contributed by atoms with E-state index in [-0.39, 0.29) is 23.0 Å². The zero-order valence-electron chi connectivity index (χ0n) is 16.2. The van der Waals surface area contributed by atoms with Crippen molar-refractivity contribution in [2.24, 2.45) is 11.8 Å². The lowest BCUT2D eigenvalue weighted by molar-refractivity contribution is -0.275. The maximum Gasteiger partial charge on any atom is 0.573 e. The highest BCUT2D eigenvalue weighted by Gasteiger charge is 2.33. The normalized spacial score (nSPS) is 19.9. The van der Waals surface area contributed by atoms with Gasteiger partial charge in [-0.3, -0.25) is 4.79 Å². The van der Waals surface area contributed by atoms with E-state index in [1.165, 1.54) is 43.5 Å². The summed E-state index contributed by atoms with van der Waals surface area (Å²) in [7, 11) is 0. The standard InChI is InChI=1S/C22H24F4O3/c1-2-3-4-14-5-7-15(8-6-14)21(27)28-17-10-11-18-16(13-17)9-12-19(20(18)23)29-22(24,25)26/h9-15H,2-8H2,1H3. The largest absolute Gasteiger partial charge is 0.573 e. The van der Waals surface area contributed by atoms with Gasteiger partial charge in [-0.05, 0) is 61.3 Å². The van der Waals surface area contributed by atoms with E-state index in [9.17, 15) is 22.4 Å². The third kappa shape index (κ3) is 5.61. The Bertz CT molecular complexity index is 855. The van der Waals surface area contributed by atoms with Gasteiger partial charge < -0.3 is 9.47 Å². The average Bonchev–Trinajstić information content (AvgIpc) is 2.68. The molecule has 0 spiro atoms. The van der Waals surface area contributed by atoms with Gasteiger partial charge in [-0.1, -0.05) is 32.3 Å². The van der Waals surface area contributed by atoms with Crippen molar-refractivity contribution in [1.29, 1.82) is 0 Å².